The molecule has 1 aliphatic rings. The van der Waals surface area contributed by atoms with E-state index in [-0.39, 0.29) is 0 Å². The van der Waals surface area contributed by atoms with Gasteiger partial charge in [-0.05, 0) is 37.0 Å². The van der Waals surface area contributed by atoms with E-state index in [0.717, 1.165) is 24.9 Å². The molecule has 0 amide bonds. The third-order valence-electron chi connectivity index (χ3n) is 2.69. The van der Waals surface area contributed by atoms with Crippen molar-refractivity contribution in [3.05, 3.63) is 28.8 Å². The standard InChI is InChI=1S/C11H12F3N/c1-7-5-8-3-2-4-15-10(8)6-9(7)11(12,13)14/h5-6,15H,2-4H2,1H3. The zero-order valence-electron chi connectivity index (χ0n) is 8.41. The van der Waals surface area contributed by atoms with Crippen LogP contribution in [0.2, 0.25) is 0 Å². The number of nitrogens with one attached hydrogen (secondary N) is 1. The molecule has 0 radical (unpaired) electrons. The van der Waals surface area contributed by atoms with Crippen LogP contribution in [0, 0.1) is 6.92 Å². The largest absolute Gasteiger partial charge is 0.416 e. The number of rotatable bonds is 0. The van der Waals surface area contributed by atoms with Gasteiger partial charge in [-0.1, -0.05) is 6.07 Å². The highest BCUT2D eigenvalue weighted by atomic mass is 19.4. The quantitative estimate of drug-likeness (QED) is 0.699. The third-order valence-corrected chi connectivity index (χ3v) is 2.69. The maximum absolute atomic E-state index is 12.6. The molecule has 0 saturated carbocycles. The first-order valence-electron chi connectivity index (χ1n) is 4.93. The summed E-state index contributed by atoms with van der Waals surface area (Å²) in [7, 11) is 0. The van der Waals surface area contributed by atoms with E-state index in [0.29, 0.717) is 11.3 Å². The molecule has 82 valence electrons. The number of aryl methyl sites for hydroxylation is 2. The monoisotopic (exact) mass is 215 g/mol. The van der Waals surface area contributed by atoms with Crippen molar-refractivity contribution >= 4 is 5.69 Å². The molecular weight excluding hydrogens is 203 g/mol. The zero-order valence-corrected chi connectivity index (χ0v) is 8.41. The molecule has 0 saturated heterocycles. The highest BCUT2D eigenvalue weighted by Gasteiger charge is 2.33. The molecule has 2 rings (SSSR count). The SMILES string of the molecule is Cc1cc2c(cc1C(F)(F)F)NCCC2. The van der Waals surface area contributed by atoms with Gasteiger partial charge in [0.05, 0.1) is 5.56 Å². The van der Waals surface area contributed by atoms with Crippen LogP contribution >= 0.6 is 0 Å². The van der Waals surface area contributed by atoms with Crippen molar-refractivity contribution < 1.29 is 13.2 Å². The van der Waals surface area contributed by atoms with Gasteiger partial charge in [-0.3, -0.25) is 0 Å². The first kappa shape index (κ1) is 10.3. The third kappa shape index (κ3) is 1.94. The number of alkyl halides is 3. The van der Waals surface area contributed by atoms with Crippen LogP contribution < -0.4 is 5.32 Å². The lowest BCUT2D eigenvalue weighted by molar-refractivity contribution is -0.138. The molecule has 15 heavy (non-hydrogen) atoms. The van der Waals surface area contributed by atoms with Gasteiger partial charge in [0.15, 0.2) is 0 Å². The summed E-state index contributed by atoms with van der Waals surface area (Å²) in [6.07, 6.45) is -2.41. The van der Waals surface area contributed by atoms with Gasteiger partial charge in [-0.15, -0.1) is 0 Å². The van der Waals surface area contributed by atoms with Gasteiger partial charge in [0.1, 0.15) is 0 Å². The molecule has 0 atom stereocenters. The summed E-state index contributed by atoms with van der Waals surface area (Å²) in [5, 5.41) is 3.00. The second kappa shape index (κ2) is 3.43. The van der Waals surface area contributed by atoms with Crippen LogP contribution in [0.4, 0.5) is 18.9 Å². The molecular formula is C11H12F3N. The molecule has 0 aromatic heterocycles. The minimum atomic E-state index is -4.25. The smallest absolute Gasteiger partial charge is 0.385 e. The van der Waals surface area contributed by atoms with Gasteiger partial charge in [-0.2, -0.15) is 13.2 Å². The van der Waals surface area contributed by atoms with Crippen molar-refractivity contribution in [3.63, 3.8) is 0 Å². The van der Waals surface area contributed by atoms with Crippen LogP contribution in [0.1, 0.15) is 23.1 Å². The number of hydrogen-bond acceptors (Lipinski definition) is 1. The minimum absolute atomic E-state index is 0.310. The predicted molar refractivity (Wildman–Crippen MR) is 53.0 cm³/mol. The van der Waals surface area contributed by atoms with Crippen molar-refractivity contribution in [3.8, 4) is 0 Å². The van der Waals surface area contributed by atoms with Crippen molar-refractivity contribution in [1.29, 1.82) is 0 Å². The van der Waals surface area contributed by atoms with Crippen molar-refractivity contribution in [2.75, 3.05) is 11.9 Å². The Morgan fingerprint density at radius 1 is 1.27 bits per heavy atom. The van der Waals surface area contributed by atoms with E-state index in [2.05, 4.69) is 5.32 Å². The maximum Gasteiger partial charge on any atom is 0.416 e. The highest BCUT2D eigenvalue weighted by Crippen LogP contribution is 2.36. The number of fused-ring (bicyclic) bond motifs is 1. The van der Waals surface area contributed by atoms with E-state index in [1.165, 1.54) is 13.0 Å². The Hall–Kier alpha value is -1.19. The Labute approximate surface area is 86.3 Å². The fourth-order valence-corrected chi connectivity index (χ4v) is 1.95. The second-order valence-corrected chi connectivity index (χ2v) is 3.85. The van der Waals surface area contributed by atoms with Crippen LogP contribution in [0.5, 0.6) is 0 Å². The van der Waals surface area contributed by atoms with Crippen molar-refractivity contribution in [2.24, 2.45) is 0 Å². The molecule has 1 heterocycles. The van der Waals surface area contributed by atoms with Crippen LogP contribution in [0.3, 0.4) is 0 Å². The molecule has 0 unspecified atom stereocenters. The summed E-state index contributed by atoms with van der Waals surface area (Å²) in [6, 6.07) is 2.87. The summed E-state index contributed by atoms with van der Waals surface area (Å²) >= 11 is 0. The minimum Gasteiger partial charge on any atom is -0.385 e. The summed E-state index contributed by atoms with van der Waals surface area (Å²) in [5.74, 6) is 0. The molecule has 1 aromatic carbocycles. The lowest BCUT2D eigenvalue weighted by Gasteiger charge is -2.21. The summed E-state index contributed by atoms with van der Waals surface area (Å²) < 4.78 is 37.8. The number of hydrogen-bond donors (Lipinski definition) is 1. The van der Waals surface area contributed by atoms with Gasteiger partial charge in [0, 0.05) is 12.2 Å². The number of benzene rings is 1. The topological polar surface area (TPSA) is 12.0 Å². The van der Waals surface area contributed by atoms with Gasteiger partial charge < -0.3 is 5.32 Å². The second-order valence-electron chi connectivity index (χ2n) is 3.85. The Bertz CT molecular complexity index is 382. The first-order chi connectivity index (χ1) is 6.98. The Balaban J connectivity index is 2.50. The van der Waals surface area contributed by atoms with Gasteiger partial charge in [0.2, 0.25) is 0 Å². The molecule has 0 spiro atoms. The van der Waals surface area contributed by atoms with Crippen molar-refractivity contribution in [2.45, 2.75) is 25.9 Å². The normalized spacial score (nSPS) is 15.7. The van der Waals surface area contributed by atoms with Gasteiger partial charge in [-0.25, -0.2) is 0 Å². The molecule has 1 nitrogen and oxygen atoms in total. The number of halogens is 3. The van der Waals surface area contributed by atoms with E-state index in [4.69, 9.17) is 0 Å². The Kier molecular flexibility index (Phi) is 2.37. The van der Waals surface area contributed by atoms with Gasteiger partial charge >= 0.3 is 6.18 Å². The number of anilines is 1. The van der Waals surface area contributed by atoms with Crippen LogP contribution in [0.25, 0.3) is 0 Å². The first-order valence-corrected chi connectivity index (χ1v) is 4.93. The Morgan fingerprint density at radius 2 is 2.00 bits per heavy atom. The lowest BCUT2D eigenvalue weighted by atomic mass is 9.97. The van der Waals surface area contributed by atoms with Crippen LogP contribution in [-0.4, -0.2) is 6.54 Å². The average Bonchev–Trinajstić information content (AvgIpc) is 2.15. The lowest BCUT2D eigenvalue weighted by Crippen LogP contribution is -2.15. The average molecular weight is 215 g/mol. The molecule has 1 aromatic rings. The van der Waals surface area contributed by atoms with E-state index in [9.17, 15) is 13.2 Å². The highest BCUT2D eigenvalue weighted by molar-refractivity contribution is 5.57. The summed E-state index contributed by atoms with van der Waals surface area (Å²) in [6.45, 7) is 2.27. The van der Waals surface area contributed by atoms with E-state index in [1.54, 1.807) is 6.07 Å². The Morgan fingerprint density at radius 3 is 2.67 bits per heavy atom. The molecule has 4 heteroatoms. The van der Waals surface area contributed by atoms with E-state index < -0.39 is 11.7 Å². The zero-order chi connectivity index (χ0) is 11.1. The van der Waals surface area contributed by atoms with Crippen LogP contribution in [0.15, 0.2) is 12.1 Å². The fourth-order valence-electron chi connectivity index (χ4n) is 1.95. The van der Waals surface area contributed by atoms with Gasteiger partial charge in [0.25, 0.3) is 0 Å². The predicted octanol–water partition coefficient (Wildman–Crippen LogP) is 3.37. The summed E-state index contributed by atoms with van der Waals surface area (Å²) in [4.78, 5) is 0. The summed E-state index contributed by atoms with van der Waals surface area (Å²) in [5.41, 5.74) is 1.41. The van der Waals surface area contributed by atoms with Crippen molar-refractivity contribution in [1.82, 2.24) is 0 Å². The molecule has 1 aliphatic heterocycles. The van der Waals surface area contributed by atoms with E-state index >= 15 is 0 Å². The molecule has 0 fully saturated rings. The fraction of sp³-hybridized carbons (Fsp3) is 0.455. The maximum atomic E-state index is 12.6. The van der Waals surface area contributed by atoms with Crippen LogP contribution in [-0.2, 0) is 12.6 Å². The van der Waals surface area contributed by atoms with E-state index in [1.807, 2.05) is 0 Å². The molecule has 0 bridgehead atoms. The molecule has 0 aliphatic carbocycles. The molecule has 1 N–H and O–H groups in total.